The number of nitriles is 1. The molecule has 1 amide bonds. The van der Waals surface area contributed by atoms with Crippen LogP contribution in [-0.4, -0.2) is 33.2 Å². The number of carboxylic acid groups (broad SMARTS) is 2. The van der Waals surface area contributed by atoms with Crippen molar-refractivity contribution < 1.29 is 29.7 Å². The number of aliphatic carboxylic acids is 2. The molecule has 0 aliphatic carbocycles. The zero-order chi connectivity index (χ0) is 23.4. The van der Waals surface area contributed by atoms with Crippen LogP contribution in [0.15, 0.2) is 72.0 Å². The molecule has 0 saturated heterocycles. The minimum Gasteiger partial charge on any atom is -0.508 e. The maximum absolute atomic E-state index is 12.6. The first kappa shape index (κ1) is 25.9. The monoisotopic (exact) mass is 412 g/mol. The van der Waals surface area contributed by atoms with Gasteiger partial charge in [0.25, 0.3) is 5.91 Å². The van der Waals surface area contributed by atoms with Gasteiger partial charge in [-0.1, -0.05) is 20.1 Å². The van der Waals surface area contributed by atoms with Gasteiger partial charge in [0.1, 0.15) is 5.75 Å². The molecule has 0 aliphatic rings. The van der Waals surface area contributed by atoms with Gasteiger partial charge in [0.15, 0.2) is 0 Å². The molecule has 158 valence electrons. The molecule has 1 rings (SSSR count). The Morgan fingerprint density at radius 3 is 1.90 bits per heavy atom. The largest absolute Gasteiger partial charge is 0.508 e. The van der Waals surface area contributed by atoms with E-state index in [1.165, 1.54) is 43.0 Å². The highest BCUT2D eigenvalue weighted by Crippen LogP contribution is 2.27. The number of hydrogen-bond acceptors (Lipinski definition) is 5. The molecule has 0 radical (unpaired) electrons. The van der Waals surface area contributed by atoms with Crippen molar-refractivity contribution in [2.24, 2.45) is 0 Å². The van der Waals surface area contributed by atoms with Gasteiger partial charge in [-0.05, 0) is 50.6 Å². The third kappa shape index (κ3) is 7.86. The van der Waals surface area contributed by atoms with Crippen molar-refractivity contribution in [3.05, 3.63) is 72.0 Å². The van der Waals surface area contributed by atoms with Crippen LogP contribution < -0.4 is 4.90 Å². The zero-order valence-corrected chi connectivity index (χ0v) is 17.0. The molecule has 0 fully saturated rings. The topological polar surface area (TPSA) is 139 Å². The summed E-state index contributed by atoms with van der Waals surface area (Å²) in [4.78, 5) is 35.0. The van der Waals surface area contributed by atoms with Crippen LogP contribution in [0.25, 0.3) is 0 Å². The van der Waals surface area contributed by atoms with E-state index < -0.39 is 17.8 Å². The lowest BCUT2D eigenvalue weighted by Gasteiger charge is -2.26. The number of anilines is 1. The SMILES string of the molecule is C=C(C)C(=O)N(C(CC)=C(C=CC#N)C(=O)O)c1ccc(O)cc1.C=C(C)C(=O)O. The molecular weight excluding hydrogens is 388 g/mol. The van der Waals surface area contributed by atoms with Crippen LogP contribution in [-0.2, 0) is 14.4 Å². The number of nitrogens with zero attached hydrogens (tertiary/aromatic N) is 2. The second kappa shape index (κ2) is 12.4. The van der Waals surface area contributed by atoms with Crippen molar-refractivity contribution in [3.8, 4) is 11.8 Å². The van der Waals surface area contributed by atoms with Crippen LogP contribution >= 0.6 is 0 Å². The predicted molar refractivity (Wildman–Crippen MR) is 113 cm³/mol. The predicted octanol–water partition coefficient (Wildman–Crippen LogP) is 3.78. The molecule has 0 aliphatic heterocycles. The molecular formula is C22H24N2O6. The average Bonchev–Trinajstić information content (AvgIpc) is 2.68. The molecule has 30 heavy (non-hydrogen) atoms. The van der Waals surface area contributed by atoms with Crippen molar-refractivity contribution in [2.75, 3.05) is 4.90 Å². The van der Waals surface area contributed by atoms with E-state index in [1.807, 2.05) is 0 Å². The summed E-state index contributed by atoms with van der Waals surface area (Å²) >= 11 is 0. The first-order chi connectivity index (χ1) is 14.0. The van der Waals surface area contributed by atoms with Gasteiger partial charge in [-0.15, -0.1) is 0 Å². The molecule has 1 aromatic rings. The lowest BCUT2D eigenvalue weighted by atomic mass is 10.1. The number of aromatic hydroxyl groups is 1. The quantitative estimate of drug-likeness (QED) is 0.352. The van der Waals surface area contributed by atoms with E-state index in [2.05, 4.69) is 13.2 Å². The molecule has 3 N–H and O–H groups in total. The molecule has 0 aromatic heterocycles. The highest BCUT2D eigenvalue weighted by atomic mass is 16.4. The Balaban J connectivity index is 0.00000122. The maximum atomic E-state index is 12.6. The van der Waals surface area contributed by atoms with E-state index in [1.54, 1.807) is 13.0 Å². The van der Waals surface area contributed by atoms with Crippen molar-refractivity contribution in [3.63, 3.8) is 0 Å². The van der Waals surface area contributed by atoms with Gasteiger partial charge in [0.05, 0.1) is 11.6 Å². The number of phenols is 1. The third-order valence-corrected chi connectivity index (χ3v) is 3.51. The first-order valence-corrected chi connectivity index (χ1v) is 8.68. The number of benzene rings is 1. The van der Waals surface area contributed by atoms with Crippen LogP contribution in [0.2, 0.25) is 0 Å². The van der Waals surface area contributed by atoms with Crippen molar-refractivity contribution in [1.29, 1.82) is 5.26 Å². The Labute approximate surface area is 175 Å². The highest BCUT2D eigenvalue weighted by molar-refractivity contribution is 6.08. The number of amides is 1. The van der Waals surface area contributed by atoms with Gasteiger partial charge in [0.2, 0.25) is 0 Å². The average molecular weight is 412 g/mol. The molecule has 0 atom stereocenters. The molecule has 8 nitrogen and oxygen atoms in total. The maximum Gasteiger partial charge on any atom is 0.337 e. The number of allylic oxidation sites excluding steroid dienone is 2. The number of carboxylic acids is 2. The van der Waals surface area contributed by atoms with Crippen LogP contribution in [0.3, 0.4) is 0 Å². The minimum absolute atomic E-state index is 0.0198. The van der Waals surface area contributed by atoms with Crippen LogP contribution in [0, 0.1) is 11.3 Å². The second-order valence-corrected chi connectivity index (χ2v) is 6.00. The zero-order valence-electron chi connectivity index (χ0n) is 17.0. The summed E-state index contributed by atoms with van der Waals surface area (Å²) in [6.07, 6.45) is 2.43. The van der Waals surface area contributed by atoms with E-state index in [-0.39, 0.29) is 34.6 Å². The summed E-state index contributed by atoms with van der Waals surface area (Å²) in [7, 11) is 0. The number of rotatable bonds is 7. The minimum atomic E-state index is -1.25. The summed E-state index contributed by atoms with van der Waals surface area (Å²) in [6.45, 7) is 11.5. The highest BCUT2D eigenvalue weighted by Gasteiger charge is 2.24. The van der Waals surface area contributed by atoms with Gasteiger partial charge in [0, 0.05) is 28.6 Å². The number of carbonyl (C=O) groups excluding carboxylic acids is 1. The molecule has 0 bridgehead atoms. The molecule has 0 unspecified atom stereocenters. The Morgan fingerprint density at radius 2 is 1.57 bits per heavy atom. The van der Waals surface area contributed by atoms with E-state index in [4.69, 9.17) is 10.4 Å². The molecule has 0 heterocycles. The van der Waals surface area contributed by atoms with Gasteiger partial charge in [-0.3, -0.25) is 9.69 Å². The van der Waals surface area contributed by atoms with Crippen LogP contribution in [0.4, 0.5) is 5.69 Å². The Kier molecular flexibility index (Phi) is 10.7. The molecule has 8 heteroatoms. The third-order valence-electron chi connectivity index (χ3n) is 3.51. The fourth-order valence-corrected chi connectivity index (χ4v) is 2.07. The summed E-state index contributed by atoms with van der Waals surface area (Å²) in [5.74, 6) is -2.64. The normalized spacial score (nSPS) is 10.7. The Morgan fingerprint density at radius 1 is 1.07 bits per heavy atom. The van der Waals surface area contributed by atoms with E-state index in [0.29, 0.717) is 5.69 Å². The summed E-state index contributed by atoms with van der Waals surface area (Å²) in [5, 5.41) is 35.4. The van der Waals surface area contributed by atoms with E-state index in [9.17, 15) is 24.6 Å². The van der Waals surface area contributed by atoms with E-state index >= 15 is 0 Å². The molecule has 0 spiro atoms. The summed E-state index contributed by atoms with van der Waals surface area (Å²) in [5.41, 5.74) is 0.842. The first-order valence-electron chi connectivity index (χ1n) is 8.68. The standard InChI is InChI=1S/C18H18N2O4.C4H6O2/c1-4-16(15(18(23)24)6-5-11-19)20(17(22)12(2)3)13-7-9-14(21)10-8-13;1-3(2)4(5)6/h5-10,21H,2,4H2,1,3H3,(H,23,24);1H2,2H3,(H,5,6). The van der Waals surface area contributed by atoms with E-state index in [0.717, 1.165) is 12.2 Å². The van der Waals surface area contributed by atoms with Crippen molar-refractivity contribution in [2.45, 2.75) is 27.2 Å². The lowest BCUT2D eigenvalue weighted by Crippen LogP contribution is -2.32. The second-order valence-electron chi connectivity index (χ2n) is 6.00. The number of carbonyl (C=O) groups is 3. The molecule has 1 aromatic carbocycles. The number of phenolic OH excluding ortho intramolecular Hbond substituents is 1. The summed E-state index contributed by atoms with van der Waals surface area (Å²) in [6, 6.07) is 7.53. The molecule has 0 saturated carbocycles. The van der Waals surface area contributed by atoms with Crippen LogP contribution in [0.5, 0.6) is 5.75 Å². The van der Waals surface area contributed by atoms with Gasteiger partial charge >= 0.3 is 11.9 Å². The fourth-order valence-electron chi connectivity index (χ4n) is 2.07. The Bertz CT molecular complexity index is 921. The van der Waals surface area contributed by atoms with Gasteiger partial charge in [-0.25, -0.2) is 9.59 Å². The van der Waals surface area contributed by atoms with Crippen molar-refractivity contribution >= 4 is 23.5 Å². The van der Waals surface area contributed by atoms with Gasteiger partial charge < -0.3 is 15.3 Å². The van der Waals surface area contributed by atoms with Gasteiger partial charge in [-0.2, -0.15) is 5.26 Å². The summed E-state index contributed by atoms with van der Waals surface area (Å²) < 4.78 is 0. The van der Waals surface area contributed by atoms with Crippen LogP contribution in [0.1, 0.15) is 27.2 Å². The van der Waals surface area contributed by atoms with Crippen molar-refractivity contribution in [1.82, 2.24) is 0 Å². The Hall–Kier alpha value is -4.12. The number of hydrogen-bond donors (Lipinski definition) is 3. The smallest absolute Gasteiger partial charge is 0.337 e. The lowest BCUT2D eigenvalue weighted by molar-refractivity contribution is -0.133. The fraction of sp³-hybridized carbons (Fsp3) is 0.182.